The first-order chi connectivity index (χ1) is 14.0. The monoisotopic (exact) mass is 408 g/mol. The Morgan fingerprint density at radius 2 is 1.86 bits per heavy atom. The van der Waals surface area contributed by atoms with Crippen molar-refractivity contribution in [3.63, 3.8) is 0 Å². The fourth-order valence-electron chi connectivity index (χ4n) is 2.87. The van der Waals surface area contributed by atoms with Crippen LogP contribution < -0.4 is 4.90 Å². The summed E-state index contributed by atoms with van der Waals surface area (Å²) in [6.07, 6.45) is 2.81. The highest BCUT2D eigenvalue weighted by molar-refractivity contribution is 8.14. The Kier molecular flexibility index (Phi) is 6.88. The summed E-state index contributed by atoms with van der Waals surface area (Å²) in [6, 6.07) is 14.7. The van der Waals surface area contributed by atoms with Crippen LogP contribution in [0.5, 0.6) is 0 Å². The van der Waals surface area contributed by atoms with Crippen molar-refractivity contribution in [1.82, 2.24) is 0 Å². The van der Waals surface area contributed by atoms with E-state index in [0.717, 1.165) is 23.3 Å². The van der Waals surface area contributed by atoms with Gasteiger partial charge in [-0.05, 0) is 61.7 Å². The SMILES string of the molecule is CCCSC1=NC(=Cc2ccccc2C)C(=O)N1c1ccc(C(=O)OCC)cc1. The smallest absolute Gasteiger partial charge is 0.338 e. The molecule has 1 amide bonds. The van der Waals surface area contributed by atoms with Gasteiger partial charge in [-0.2, -0.15) is 0 Å². The van der Waals surface area contributed by atoms with Gasteiger partial charge in [0.2, 0.25) is 0 Å². The van der Waals surface area contributed by atoms with E-state index in [2.05, 4.69) is 11.9 Å². The van der Waals surface area contributed by atoms with Gasteiger partial charge in [0.25, 0.3) is 5.91 Å². The molecule has 29 heavy (non-hydrogen) atoms. The average Bonchev–Trinajstić information content (AvgIpc) is 3.03. The van der Waals surface area contributed by atoms with E-state index in [1.165, 1.54) is 0 Å². The Bertz CT molecular complexity index is 964. The minimum atomic E-state index is -0.374. The number of esters is 1. The standard InChI is InChI=1S/C23H24N2O3S/c1-4-14-29-23-24-20(15-18-9-7-6-8-16(18)3)21(26)25(23)19-12-10-17(11-13-19)22(27)28-5-2/h6-13,15H,4-5,14H2,1-3H3. The van der Waals surface area contributed by atoms with Gasteiger partial charge in [0.15, 0.2) is 5.17 Å². The Labute approximate surface area is 175 Å². The van der Waals surface area contributed by atoms with Crippen molar-refractivity contribution >= 4 is 40.6 Å². The van der Waals surface area contributed by atoms with Crippen LogP contribution in [0.2, 0.25) is 0 Å². The number of anilines is 1. The number of amides is 1. The number of thioether (sulfide) groups is 1. The molecule has 0 radical (unpaired) electrons. The third kappa shape index (κ3) is 4.77. The second-order valence-electron chi connectivity index (χ2n) is 6.54. The molecular formula is C23H24N2O3S. The number of carbonyl (C=O) groups excluding carboxylic acids is 2. The molecule has 0 fully saturated rings. The summed E-state index contributed by atoms with van der Waals surface area (Å²) in [7, 11) is 0. The van der Waals surface area contributed by atoms with Crippen LogP contribution in [0.15, 0.2) is 59.2 Å². The third-order valence-corrected chi connectivity index (χ3v) is 5.53. The van der Waals surface area contributed by atoms with E-state index >= 15 is 0 Å². The Morgan fingerprint density at radius 3 is 2.52 bits per heavy atom. The summed E-state index contributed by atoms with van der Waals surface area (Å²) in [5.74, 6) is 0.318. The zero-order valence-electron chi connectivity index (χ0n) is 16.8. The van der Waals surface area contributed by atoms with Crippen LogP contribution in [0.25, 0.3) is 6.08 Å². The van der Waals surface area contributed by atoms with Gasteiger partial charge in [0.1, 0.15) is 5.70 Å². The number of ether oxygens (including phenoxy) is 1. The maximum atomic E-state index is 13.2. The van der Waals surface area contributed by atoms with Crippen molar-refractivity contribution in [3.8, 4) is 0 Å². The summed E-state index contributed by atoms with van der Waals surface area (Å²) < 4.78 is 5.03. The molecule has 1 aliphatic heterocycles. The number of aryl methyl sites for hydroxylation is 1. The summed E-state index contributed by atoms with van der Waals surface area (Å²) in [6.45, 7) is 6.19. The highest BCUT2D eigenvalue weighted by Crippen LogP contribution is 2.30. The molecule has 0 unspecified atom stereocenters. The highest BCUT2D eigenvalue weighted by atomic mass is 32.2. The van der Waals surface area contributed by atoms with Crippen LogP contribution >= 0.6 is 11.8 Å². The minimum Gasteiger partial charge on any atom is -0.462 e. The molecule has 6 heteroatoms. The van der Waals surface area contributed by atoms with Crippen LogP contribution in [0.4, 0.5) is 5.69 Å². The zero-order chi connectivity index (χ0) is 20.8. The lowest BCUT2D eigenvalue weighted by atomic mass is 10.1. The van der Waals surface area contributed by atoms with Crippen molar-refractivity contribution in [1.29, 1.82) is 0 Å². The van der Waals surface area contributed by atoms with Gasteiger partial charge in [0, 0.05) is 5.75 Å². The van der Waals surface area contributed by atoms with Crippen molar-refractivity contribution in [2.45, 2.75) is 27.2 Å². The molecular weight excluding hydrogens is 384 g/mol. The van der Waals surface area contributed by atoms with E-state index in [1.54, 1.807) is 47.9 Å². The molecule has 150 valence electrons. The van der Waals surface area contributed by atoms with Crippen LogP contribution in [0, 0.1) is 6.92 Å². The van der Waals surface area contributed by atoms with Crippen LogP contribution in [0.1, 0.15) is 41.8 Å². The lowest BCUT2D eigenvalue weighted by molar-refractivity contribution is -0.113. The predicted molar refractivity (Wildman–Crippen MR) is 119 cm³/mol. The number of carbonyl (C=O) groups is 2. The summed E-state index contributed by atoms with van der Waals surface area (Å²) in [4.78, 5) is 31.3. The van der Waals surface area contributed by atoms with Crippen LogP contribution in [0.3, 0.4) is 0 Å². The fourth-order valence-corrected chi connectivity index (χ4v) is 3.74. The summed E-state index contributed by atoms with van der Waals surface area (Å²) in [5, 5.41) is 0.653. The van der Waals surface area contributed by atoms with E-state index in [0.29, 0.717) is 28.7 Å². The molecule has 0 spiro atoms. The normalized spacial score (nSPS) is 15.0. The largest absolute Gasteiger partial charge is 0.462 e. The van der Waals surface area contributed by atoms with Crippen molar-refractivity contribution < 1.29 is 14.3 Å². The summed E-state index contributed by atoms with van der Waals surface area (Å²) in [5.41, 5.74) is 3.60. The van der Waals surface area contributed by atoms with Gasteiger partial charge >= 0.3 is 5.97 Å². The fraction of sp³-hybridized carbons (Fsp3) is 0.261. The molecule has 1 aliphatic rings. The number of hydrogen-bond acceptors (Lipinski definition) is 5. The number of nitrogens with zero attached hydrogens (tertiary/aromatic N) is 2. The molecule has 2 aromatic rings. The lowest BCUT2D eigenvalue weighted by Crippen LogP contribution is -2.30. The van der Waals surface area contributed by atoms with E-state index in [-0.39, 0.29) is 11.9 Å². The first-order valence-corrected chi connectivity index (χ1v) is 10.6. The van der Waals surface area contributed by atoms with Gasteiger partial charge in [0.05, 0.1) is 17.9 Å². The minimum absolute atomic E-state index is 0.171. The maximum absolute atomic E-state index is 13.2. The zero-order valence-corrected chi connectivity index (χ0v) is 17.7. The Morgan fingerprint density at radius 1 is 1.14 bits per heavy atom. The van der Waals surface area contributed by atoms with Crippen LogP contribution in [-0.2, 0) is 9.53 Å². The van der Waals surface area contributed by atoms with Gasteiger partial charge < -0.3 is 4.74 Å². The second kappa shape index (κ2) is 9.56. The van der Waals surface area contributed by atoms with Gasteiger partial charge in [-0.1, -0.05) is 43.0 Å². The molecule has 0 atom stereocenters. The van der Waals surface area contributed by atoms with E-state index in [4.69, 9.17) is 4.74 Å². The number of rotatable bonds is 6. The first-order valence-electron chi connectivity index (χ1n) is 9.65. The van der Waals surface area contributed by atoms with E-state index in [9.17, 15) is 9.59 Å². The number of hydrogen-bond donors (Lipinski definition) is 0. The highest BCUT2D eigenvalue weighted by Gasteiger charge is 2.32. The van der Waals surface area contributed by atoms with Gasteiger partial charge in [-0.15, -0.1) is 0 Å². The third-order valence-electron chi connectivity index (χ3n) is 4.38. The molecule has 0 bridgehead atoms. The van der Waals surface area contributed by atoms with Crippen molar-refractivity contribution in [2.75, 3.05) is 17.3 Å². The topological polar surface area (TPSA) is 59.0 Å². The molecule has 0 N–H and O–H groups in total. The molecule has 5 nitrogen and oxygen atoms in total. The number of benzene rings is 2. The molecule has 0 aliphatic carbocycles. The Balaban J connectivity index is 1.93. The van der Waals surface area contributed by atoms with Gasteiger partial charge in [-0.3, -0.25) is 9.69 Å². The first kappa shape index (κ1) is 20.9. The average molecular weight is 409 g/mol. The van der Waals surface area contributed by atoms with E-state index in [1.807, 2.05) is 37.3 Å². The molecule has 1 heterocycles. The number of aliphatic imine (C=N–C) groups is 1. The molecule has 0 aromatic heterocycles. The van der Waals surface area contributed by atoms with E-state index < -0.39 is 0 Å². The molecule has 2 aromatic carbocycles. The lowest BCUT2D eigenvalue weighted by Gasteiger charge is -2.18. The quantitative estimate of drug-likeness (QED) is 0.495. The summed E-state index contributed by atoms with van der Waals surface area (Å²) >= 11 is 1.55. The van der Waals surface area contributed by atoms with Crippen LogP contribution in [-0.4, -0.2) is 29.4 Å². The van der Waals surface area contributed by atoms with Gasteiger partial charge in [-0.25, -0.2) is 9.79 Å². The predicted octanol–water partition coefficient (Wildman–Crippen LogP) is 5.06. The maximum Gasteiger partial charge on any atom is 0.338 e. The second-order valence-corrected chi connectivity index (χ2v) is 7.60. The number of amidine groups is 1. The molecule has 3 rings (SSSR count). The molecule has 0 saturated carbocycles. The Hall–Kier alpha value is -2.86. The van der Waals surface area contributed by atoms with Crippen molar-refractivity contribution in [2.24, 2.45) is 4.99 Å². The van der Waals surface area contributed by atoms with Crippen molar-refractivity contribution in [3.05, 3.63) is 70.9 Å². The molecule has 0 saturated heterocycles.